The summed E-state index contributed by atoms with van der Waals surface area (Å²) in [5, 5.41) is 4.55. The summed E-state index contributed by atoms with van der Waals surface area (Å²) in [7, 11) is -3.74. The lowest BCUT2D eigenvalue weighted by molar-refractivity contribution is -0.135. The third-order valence-corrected chi connectivity index (χ3v) is 8.38. The number of anilines is 1. The number of nitrogens with zero attached hydrogens (tertiary/aromatic N) is 4. The van der Waals surface area contributed by atoms with Gasteiger partial charge in [-0.2, -0.15) is 4.41 Å². The van der Waals surface area contributed by atoms with E-state index in [0.29, 0.717) is 44.9 Å². The molecule has 1 N–H and O–H groups in total. The summed E-state index contributed by atoms with van der Waals surface area (Å²) in [4.78, 5) is 18.8. The van der Waals surface area contributed by atoms with Gasteiger partial charge in [-0.1, -0.05) is 13.3 Å². The Morgan fingerprint density at radius 2 is 1.83 bits per heavy atom. The maximum Gasteiger partial charge on any atom is 0.254 e. The van der Waals surface area contributed by atoms with E-state index in [0.717, 1.165) is 42.5 Å². The van der Waals surface area contributed by atoms with Gasteiger partial charge in [0.15, 0.2) is 0 Å². The van der Waals surface area contributed by atoms with Crippen molar-refractivity contribution < 1.29 is 13.2 Å². The summed E-state index contributed by atoms with van der Waals surface area (Å²) in [6, 6.07) is 3.90. The van der Waals surface area contributed by atoms with Gasteiger partial charge in [0.25, 0.3) is 10.0 Å². The summed E-state index contributed by atoms with van der Waals surface area (Å²) >= 11 is 0. The van der Waals surface area contributed by atoms with Crippen LogP contribution in [0.1, 0.15) is 46.0 Å². The first-order valence-corrected chi connectivity index (χ1v) is 12.6. The summed E-state index contributed by atoms with van der Waals surface area (Å²) in [6.45, 7) is 7.57. The van der Waals surface area contributed by atoms with Gasteiger partial charge < -0.3 is 10.2 Å². The summed E-state index contributed by atoms with van der Waals surface area (Å²) < 4.78 is 28.3. The van der Waals surface area contributed by atoms with Crippen molar-refractivity contribution in [3.63, 3.8) is 0 Å². The fraction of sp³-hybridized carbons (Fsp3) is 0.714. The topological polar surface area (TPSA) is 85.8 Å². The largest absolute Gasteiger partial charge is 0.369 e. The minimum atomic E-state index is -3.74. The van der Waals surface area contributed by atoms with Gasteiger partial charge in [0, 0.05) is 51.2 Å². The van der Waals surface area contributed by atoms with Crippen molar-refractivity contribution in [3.05, 3.63) is 24.5 Å². The van der Waals surface area contributed by atoms with Crippen LogP contribution in [0.15, 0.2) is 24.5 Å². The van der Waals surface area contributed by atoms with Crippen LogP contribution in [0.5, 0.6) is 0 Å². The number of sulfonamides is 1. The zero-order valence-corrected chi connectivity index (χ0v) is 19.0. The lowest BCUT2D eigenvalue weighted by atomic mass is 9.92. The van der Waals surface area contributed by atoms with E-state index in [4.69, 9.17) is 0 Å². The van der Waals surface area contributed by atoms with Crippen LogP contribution in [-0.2, 0) is 14.8 Å². The van der Waals surface area contributed by atoms with Crippen molar-refractivity contribution in [1.29, 1.82) is 0 Å². The van der Waals surface area contributed by atoms with Crippen molar-refractivity contribution in [2.75, 3.05) is 44.2 Å². The second-order valence-corrected chi connectivity index (χ2v) is 10.3. The van der Waals surface area contributed by atoms with Gasteiger partial charge in [-0.3, -0.25) is 9.78 Å². The molecule has 1 aromatic heterocycles. The molecule has 0 aliphatic carbocycles. The first kappa shape index (κ1) is 23.0. The average Bonchev–Trinajstić information content (AvgIpc) is 2.75. The molecule has 0 radical (unpaired) electrons. The van der Waals surface area contributed by atoms with Crippen LogP contribution in [0, 0.1) is 5.92 Å². The third kappa shape index (κ3) is 5.50. The Kier molecular flexibility index (Phi) is 8.07. The van der Waals surface area contributed by atoms with Gasteiger partial charge in [0.05, 0.1) is 5.25 Å². The van der Waals surface area contributed by atoms with Crippen molar-refractivity contribution in [2.24, 2.45) is 5.92 Å². The van der Waals surface area contributed by atoms with Crippen LogP contribution >= 0.6 is 0 Å². The first-order valence-electron chi connectivity index (χ1n) is 11.1. The molecule has 2 aliphatic heterocycles. The van der Waals surface area contributed by atoms with E-state index < -0.39 is 21.2 Å². The SMILES string of the molecule is CCCC(CC1CCNCC1)S(=O)(=O)N(C(C)=O)N1CCN(c2ccncc2)CC1. The molecule has 3 heterocycles. The van der Waals surface area contributed by atoms with E-state index in [1.165, 1.54) is 6.92 Å². The molecule has 0 saturated carbocycles. The number of carbonyl (C=O) groups is 1. The number of pyridine rings is 1. The molecule has 1 unspecified atom stereocenters. The molecule has 2 fully saturated rings. The highest BCUT2D eigenvalue weighted by molar-refractivity contribution is 7.90. The number of aromatic nitrogens is 1. The monoisotopic (exact) mass is 437 g/mol. The van der Waals surface area contributed by atoms with Crippen LogP contribution in [0.25, 0.3) is 0 Å². The number of piperazine rings is 1. The van der Waals surface area contributed by atoms with E-state index in [-0.39, 0.29) is 0 Å². The lowest BCUT2D eigenvalue weighted by Crippen LogP contribution is -2.58. The second kappa shape index (κ2) is 10.5. The molecule has 168 valence electrons. The van der Waals surface area contributed by atoms with E-state index in [1.54, 1.807) is 17.4 Å². The van der Waals surface area contributed by atoms with Gasteiger partial charge in [0.2, 0.25) is 5.91 Å². The molecule has 1 aromatic rings. The number of hydrazine groups is 1. The first-order chi connectivity index (χ1) is 14.4. The average molecular weight is 438 g/mol. The van der Waals surface area contributed by atoms with Crippen LogP contribution in [0.3, 0.4) is 0 Å². The van der Waals surface area contributed by atoms with E-state index in [2.05, 4.69) is 15.2 Å². The molecule has 0 spiro atoms. The molecule has 3 rings (SSSR count). The van der Waals surface area contributed by atoms with Crippen molar-refractivity contribution >= 4 is 21.6 Å². The molecule has 2 aliphatic rings. The molecule has 8 nitrogen and oxygen atoms in total. The summed E-state index contributed by atoms with van der Waals surface area (Å²) in [5.74, 6) is -0.0197. The third-order valence-electron chi connectivity index (χ3n) is 6.14. The van der Waals surface area contributed by atoms with E-state index in [1.807, 2.05) is 19.1 Å². The predicted octanol–water partition coefficient (Wildman–Crippen LogP) is 1.86. The number of amides is 1. The van der Waals surface area contributed by atoms with Gasteiger partial charge in [-0.15, -0.1) is 0 Å². The second-order valence-electron chi connectivity index (χ2n) is 8.29. The number of carbonyl (C=O) groups excluding carboxylic acids is 1. The van der Waals surface area contributed by atoms with Crippen molar-refractivity contribution in [1.82, 2.24) is 19.7 Å². The highest BCUT2D eigenvalue weighted by Gasteiger charge is 2.39. The Labute approximate surface area is 180 Å². The lowest BCUT2D eigenvalue weighted by Gasteiger charge is -2.42. The van der Waals surface area contributed by atoms with Gasteiger partial charge >= 0.3 is 0 Å². The number of hydrogen-bond acceptors (Lipinski definition) is 7. The zero-order chi connectivity index (χ0) is 21.6. The van der Waals surface area contributed by atoms with Gasteiger partial charge in [-0.05, 0) is 56.8 Å². The molecular weight excluding hydrogens is 402 g/mol. The molecule has 1 atom stereocenters. The van der Waals surface area contributed by atoms with Crippen LogP contribution in [-0.4, -0.2) is 73.3 Å². The fourth-order valence-corrected chi connectivity index (χ4v) is 6.75. The van der Waals surface area contributed by atoms with E-state index in [9.17, 15) is 13.2 Å². The predicted molar refractivity (Wildman–Crippen MR) is 118 cm³/mol. The molecule has 30 heavy (non-hydrogen) atoms. The fourth-order valence-electron chi connectivity index (χ4n) is 4.57. The molecule has 9 heteroatoms. The highest BCUT2D eigenvalue weighted by Crippen LogP contribution is 2.28. The minimum Gasteiger partial charge on any atom is -0.369 e. The Morgan fingerprint density at radius 1 is 1.20 bits per heavy atom. The maximum absolute atomic E-state index is 13.6. The van der Waals surface area contributed by atoms with Crippen LogP contribution in [0.2, 0.25) is 0 Å². The number of hydrogen-bond donors (Lipinski definition) is 1. The quantitative estimate of drug-likeness (QED) is 0.664. The molecular formula is C21H35N5O3S. The smallest absolute Gasteiger partial charge is 0.254 e. The van der Waals surface area contributed by atoms with Gasteiger partial charge in [-0.25, -0.2) is 13.4 Å². The molecule has 2 saturated heterocycles. The summed E-state index contributed by atoms with van der Waals surface area (Å²) in [5.41, 5.74) is 1.07. The maximum atomic E-state index is 13.6. The van der Waals surface area contributed by atoms with E-state index >= 15 is 0 Å². The van der Waals surface area contributed by atoms with Crippen molar-refractivity contribution in [2.45, 2.75) is 51.2 Å². The molecule has 0 bridgehead atoms. The minimum absolute atomic E-state index is 0.398. The number of piperidine rings is 1. The van der Waals surface area contributed by atoms with Crippen molar-refractivity contribution in [3.8, 4) is 0 Å². The Bertz CT molecular complexity index is 775. The Hall–Kier alpha value is -1.71. The number of nitrogens with one attached hydrogen (secondary N) is 1. The Morgan fingerprint density at radius 3 is 2.40 bits per heavy atom. The molecule has 0 aromatic carbocycles. The van der Waals surface area contributed by atoms with Gasteiger partial charge in [0.1, 0.15) is 0 Å². The summed E-state index contributed by atoms with van der Waals surface area (Å²) in [6.07, 6.45) is 7.53. The zero-order valence-electron chi connectivity index (χ0n) is 18.2. The Balaban J connectivity index is 1.72. The molecule has 1 amide bonds. The normalized spacial score (nSPS) is 20.1. The number of rotatable bonds is 8. The standard InChI is InChI=1S/C21H35N5O3S/c1-3-4-21(17-19-5-9-22-10-6-19)30(28,29)26(18(2)27)25-15-13-24(14-16-25)20-7-11-23-12-8-20/h7-8,11-12,19,21-22H,3-6,9-10,13-17H2,1-2H3. The van der Waals surface area contributed by atoms with Crippen LogP contribution < -0.4 is 10.2 Å². The highest BCUT2D eigenvalue weighted by atomic mass is 32.2. The van der Waals surface area contributed by atoms with Crippen LogP contribution in [0.4, 0.5) is 5.69 Å².